The lowest BCUT2D eigenvalue weighted by atomic mass is 9.80. The van der Waals surface area contributed by atoms with Gasteiger partial charge in [0, 0.05) is 35.7 Å². The first-order valence-electron chi connectivity index (χ1n) is 11.7. The van der Waals surface area contributed by atoms with Crippen LogP contribution in [0.25, 0.3) is 10.9 Å². The van der Waals surface area contributed by atoms with Crippen molar-refractivity contribution in [2.24, 2.45) is 5.73 Å². The molecule has 1 saturated heterocycles. The van der Waals surface area contributed by atoms with Crippen LogP contribution in [-0.2, 0) is 35.9 Å². The number of pyridine rings is 1. The van der Waals surface area contributed by atoms with E-state index in [1.165, 1.54) is 11.0 Å². The molecule has 2 bridgehead atoms. The quantitative estimate of drug-likeness (QED) is 0.409. The number of hydrogen-bond donors (Lipinski definition) is 3. The highest BCUT2D eigenvalue weighted by Crippen LogP contribution is 2.39. The second-order valence-corrected chi connectivity index (χ2v) is 8.87. The van der Waals surface area contributed by atoms with Crippen LogP contribution in [-0.4, -0.2) is 71.0 Å². The van der Waals surface area contributed by atoms with E-state index >= 15 is 0 Å². The summed E-state index contributed by atoms with van der Waals surface area (Å²) in [6.07, 6.45) is -0.0331. The van der Waals surface area contributed by atoms with Gasteiger partial charge < -0.3 is 30.5 Å². The summed E-state index contributed by atoms with van der Waals surface area (Å²) in [5.41, 5.74) is 4.67. The van der Waals surface area contributed by atoms with Gasteiger partial charge in [-0.15, -0.1) is 0 Å². The lowest BCUT2D eigenvalue weighted by Crippen LogP contribution is -2.51. The number of para-hydroxylation sites is 1. The van der Waals surface area contributed by atoms with Crippen LogP contribution in [0.3, 0.4) is 0 Å². The van der Waals surface area contributed by atoms with Crippen LogP contribution in [0, 0.1) is 0 Å². The zero-order valence-electron chi connectivity index (χ0n) is 19.7. The van der Waals surface area contributed by atoms with Gasteiger partial charge in [-0.2, -0.15) is 0 Å². The second-order valence-electron chi connectivity index (χ2n) is 8.87. The summed E-state index contributed by atoms with van der Waals surface area (Å²) in [4.78, 5) is 56.3. The molecule has 3 aromatic rings. The van der Waals surface area contributed by atoms with Gasteiger partial charge in [-0.1, -0.05) is 42.5 Å². The number of fused-ring (bicyclic) bond motifs is 5. The van der Waals surface area contributed by atoms with Crippen molar-refractivity contribution >= 4 is 34.7 Å². The zero-order valence-corrected chi connectivity index (χ0v) is 19.7. The van der Waals surface area contributed by atoms with Crippen LogP contribution in [0.4, 0.5) is 0 Å². The Morgan fingerprint density at radius 1 is 1.16 bits per heavy atom. The van der Waals surface area contributed by atoms with E-state index in [0.29, 0.717) is 23.0 Å². The number of amides is 2. The van der Waals surface area contributed by atoms with Gasteiger partial charge in [0.2, 0.25) is 17.4 Å². The molecule has 4 N–H and O–H groups in total. The predicted molar refractivity (Wildman–Crippen MR) is 129 cm³/mol. The summed E-state index contributed by atoms with van der Waals surface area (Å²) in [6, 6.07) is 13.4. The van der Waals surface area contributed by atoms with Crippen molar-refractivity contribution in [3.05, 3.63) is 71.3 Å². The molecule has 2 aliphatic heterocycles. The fourth-order valence-electron chi connectivity index (χ4n) is 4.59. The molecule has 5 rings (SSSR count). The van der Waals surface area contributed by atoms with Crippen LogP contribution >= 0.6 is 0 Å². The Hall–Kier alpha value is -4.35. The van der Waals surface area contributed by atoms with E-state index in [-0.39, 0.29) is 42.4 Å². The van der Waals surface area contributed by atoms with Crippen molar-refractivity contribution in [2.75, 3.05) is 26.2 Å². The number of benzene rings is 2. The van der Waals surface area contributed by atoms with Crippen molar-refractivity contribution in [3.63, 3.8) is 0 Å². The van der Waals surface area contributed by atoms with Crippen molar-refractivity contribution in [3.8, 4) is 5.88 Å². The molecule has 0 saturated carbocycles. The number of rotatable bonds is 3. The zero-order chi connectivity index (χ0) is 26.2. The Morgan fingerprint density at radius 2 is 1.92 bits per heavy atom. The summed E-state index contributed by atoms with van der Waals surface area (Å²) < 4.78 is 10.8. The monoisotopic (exact) mass is 504 g/mol. The average Bonchev–Trinajstić information content (AvgIpc) is 2.90. The van der Waals surface area contributed by atoms with E-state index < -0.39 is 36.1 Å². The minimum Gasteiger partial charge on any atom is -0.453 e. The molecule has 11 nitrogen and oxygen atoms in total. The number of carbonyl (C=O) groups is 4. The summed E-state index contributed by atoms with van der Waals surface area (Å²) in [6.45, 7) is -0.260. The van der Waals surface area contributed by atoms with Crippen molar-refractivity contribution < 1.29 is 33.8 Å². The largest absolute Gasteiger partial charge is 0.453 e. The van der Waals surface area contributed by atoms with Crippen LogP contribution < -0.4 is 15.8 Å². The molecular formula is C26H24N4O7. The number of nitrogens with zero attached hydrogens (tertiary/aromatic N) is 2. The number of aromatic nitrogens is 1. The summed E-state index contributed by atoms with van der Waals surface area (Å²) in [5, 5.41) is 15.3. The fraction of sp³-hybridized carbons (Fsp3) is 0.269. The molecule has 2 atom stereocenters. The molecule has 2 aromatic carbocycles. The van der Waals surface area contributed by atoms with E-state index in [4.69, 9.17) is 15.2 Å². The number of nitrogens with two attached hydrogens (primary N) is 1. The molecular weight excluding hydrogens is 480 g/mol. The lowest BCUT2D eigenvalue weighted by Gasteiger charge is -2.32. The molecule has 1 aromatic heterocycles. The standard InChI is InChI=1S/C26H24N4O7/c27-19-11-15-5-1-3-7-17(15)26(35,25(34)36-14-23(32)30-10-9-28-21(31)13-30)18-12-22(37-24(19)33)29-20-8-4-2-6-16(18)20/h1-8,12,19,35H,9-11,13-14,27H2,(H,28,31). The molecule has 2 unspecified atom stereocenters. The van der Waals surface area contributed by atoms with E-state index in [1.807, 2.05) is 0 Å². The third-order valence-electron chi connectivity index (χ3n) is 6.45. The van der Waals surface area contributed by atoms with Gasteiger partial charge in [0.15, 0.2) is 6.61 Å². The Bertz CT molecular complexity index is 1430. The van der Waals surface area contributed by atoms with Crippen molar-refractivity contribution in [1.29, 1.82) is 0 Å². The molecule has 0 spiro atoms. The Morgan fingerprint density at radius 3 is 2.73 bits per heavy atom. The maximum atomic E-state index is 13.7. The molecule has 2 amide bonds. The first-order chi connectivity index (χ1) is 17.8. The van der Waals surface area contributed by atoms with Crippen LogP contribution in [0.5, 0.6) is 5.88 Å². The fourth-order valence-corrected chi connectivity index (χ4v) is 4.59. The number of piperazine rings is 1. The minimum absolute atomic E-state index is 0.0331. The highest BCUT2D eigenvalue weighted by molar-refractivity contribution is 5.96. The number of aliphatic hydroxyl groups is 1. The maximum absolute atomic E-state index is 13.7. The number of ether oxygens (including phenoxy) is 2. The highest BCUT2D eigenvalue weighted by Gasteiger charge is 2.46. The van der Waals surface area contributed by atoms with E-state index in [9.17, 15) is 24.3 Å². The van der Waals surface area contributed by atoms with Gasteiger partial charge in [0.1, 0.15) is 6.04 Å². The second kappa shape index (κ2) is 9.60. The molecule has 2 aliphatic rings. The van der Waals surface area contributed by atoms with E-state index in [1.54, 1.807) is 48.5 Å². The van der Waals surface area contributed by atoms with Crippen molar-refractivity contribution in [2.45, 2.75) is 18.1 Å². The van der Waals surface area contributed by atoms with Gasteiger partial charge in [-0.05, 0) is 18.1 Å². The minimum atomic E-state index is -2.41. The first-order valence-corrected chi connectivity index (χ1v) is 11.7. The number of carbonyl (C=O) groups excluding carboxylic acids is 4. The summed E-state index contributed by atoms with van der Waals surface area (Å²) in [5.74, 6) is -2.86. The van der Waals surface area contributed by atoms with Crippen LogP contribution in [0.1, 0.15) is 16.7 Å². The molecule has 11 heteroatoms. The van der Waals surface area contributed by atoms with Crippen LogP contribution in [0.2, 0.25) is 0 Å². The maximum Gasteiger partial charge on any atom is 0.348 e. The van der Waals surface area contributed by atoms with Gasteiger partial charge in [-0.25, -0.2) is 14.6 Å². The van der Waals surface area contributed by atoms with Gasteiger partial charge in [0.25, 0.3) is 5.91 Å². The van der Waals surface area contributed by atoms with Crippen molar-refractivity contribution in [1.82, 2.24) is 15.2 Å². The van der Waals surface area contributed by atoms with Gasteiger partial charge in [0.05, 0.1) is 12.1 Å². The molecule has 3 heterocycles. The predicted octanol–water partition coefficient (Wildman–Crippen LogP) is -0.239. The van der Waals surface area contributed by atoms with Gasteiger partial charge >= 0.3 is 11.9 Å². The molecule has 190 valence electrons. The topological polar surface area (TPSA) is 161 Å². The summed E-state index contributed by atoms with van der Waals surface area (Å²) >= 11 is 0. The molecule has 37 heavy (non-hydrogen) atoms. The SMILES string of the molecule is NC1Cc2ccccc2C(O)(C(=O)OCC(=O)N2CCNC(=O)C2)c2cc(nc3ccccc23)OC1=O. The Balaban J connectivity index is 1.62. The third kappa shape index (κ3) is 4.50. The number of nitrogens with one attached hydrogen (secondary N) is 1. The molecule has 0 radical (unpaired) electrons. The van der Waals surface area contributed by atoms with E-state index in [0.717, 1.165) is 0 Å². The molecule has 0 aliphatic carbocycles. The summed E-state index contributed by atoms with van der Waals surface area (Å²) in [7, 11) is 0. The average molecular weight is 504 g/mol. The van der Waals surface area contributed by atoms with Gasteiger partial charge in [-0.3, -0.25) is 9.59 Å². The number of esters is 2. The first kappa shape index (κ1) is 24.3. The van der Waals surface area contributed by atoms with Crippen LogP contribution in [0.15, 0.2) is 54.6 Å². The normalized spacial score (nSPS) is 21.5. The highest BCUT2D eigenvalue weighted by atomic mass is 16.6. The van der Waals surface area contributed by atoms with E-state index in [2.05, 4.69) is 10.3 Å². The third-order valence-corrected chi connectivity index (χ3v) is 6.45. The smallest absolute Gasteiger partial charge is 0.348 e. The number of hydrogen-bond acceptors (Lipinski definition) is 9. The lowest BCUT2D eigenvalue weighted by molar-refractivity contribution is -0.166. The molecule has 1 fully saturated rings. The Kier molecular flexibility index (Phi) is 6.32. The Labute approximate surface area is 211 Å².